The third kappa shape index (κ3) is 4.81. The first-order chi connectivity index (χ1) is 11.0. The monoisotopic (exact) mass is 317 g/mol. The van der Waals surface area contributed by atoms with Gasteiger partial charge in [-0.15, -0.1) is 0 Å². The molecule has 1 fully saturated rings. The third-order valence-corrected chi connectivity index (χ3v) is 4.04. The van der Waals surface area contributed by atoms with Gasteiger partial charge in [-0.2, -0.15) is 0 Å². The highest BCUT2D eigenvalue weighted by atomic mass is 16.2. The molecule has 23 heavy (non-hydrogen) atoms. The van der Waals surface area contributed by atoms with Crippen LogP contribution in [0.1, 0.15) is 31.9 Å². The summed E-state index contributed by atoms with van der Waals surface area (Å²) in [5.41, 5.74) is 0.915. The summed E-state index contributed by atoms with van der Waals surface area (Å²) in [5.74, 6) is -0.124. The summed E-state index contributed by atoms with van der Waals surface area (Å²) >= 11 is 0. The molecule has 0 unspecified atom stereocenters. The van der Waals surface area contributed by atoms with Gasteiger partial charge in [-0.25, -0.2) is 0 Å². The Morgan fingerprint density at radius 3 is 2.09 bits per heavy atom. The van der Waals surface area contributed by atoms with Gasteiger partial charge in [-0.1, -0.05) is 30.3 Å². The van der Waals surface area contributed by atoms with Gasteiger partial charge in [0.2, 0.25) is 17.7 Å². The second kappa shape index (κ2) is 7.76. The van der Waals surface area contributed by atoms with Gasteiger partial charge < -0.3 is 15.1 Å². The fourth-order valence-corrected chi connectivity index (χ4v) is 2.76. The molecule has 2 rings (SSSR count). The lowest BCUT2D eigenvalue weighted by Crippen LogP contribution is -2.50. The Labute approximate surface area is 136 Å². The van der Waals surface area contributed by atoms with Gasteiger partial charge in [0, 0.05) is 40.0 Å². The van der Waals surface area contributed by atoms with E-state index in [1.807, 2.05) is 30.3 Å². The SMILES string of the molecule is CC(=O)N[C@@H](CC(=O)N1CCN(C(C)=O)CC1)c1ccccc1. The normalized spacial score (nSPS) is 15.9. The fraction of sp³-hybridized carbons (Fsp3) is 0.471. The Hall–Kier alpha value is -2.37. The Bertz CT molecular complexity index is 566. The maximum absolute atomic E-state index is 12.5. The first-order valence-electron chi connectivity index (χ1n) is 7.82. The van der Waals surface area contributed by atoms with Gasteiger partial charge in [0.05, 0.1) is 12.5 Å². The van der Waals surface area contributed by atoms with Crippen LogP contribution < -0.4 is 5.32 Å². The van der Waals surface area contributed by atoms with Crippen LogP contribution in [0, 0.1) is 0 Å². The highest BCUT2D eigenvalue weighted by Gasteiger charge is 2.25. The molecule has 0 bridgehead atoms. The minimum absolute atomic E-state index is 0.00388. The summed E-state index contributed by atoms with van der Waals surface area (Å²) in [4.78, 5) is 38.8. The number of hydrogen-bond acceptors (Lipinski definition) is 3. The second-order valence-corrected chi connectivity index (χ2v) is 5.75. The minimum Gasteiger partial charge on any atom is -0.349 e. The summed E-state index contributed by atoms with van der Waals surface area (Å²) in [6.45, 7) is 5.21. The Morgan fingerprint density at radius 1 is 1.00 bits per heavy atom. The van der Waals surface area contributed by atoms with E-state index in [1.54, 1.807) is 16.7 Å². The number of carbonyl (C=O) groups is 3. The van der Waals surface area contributed by atoms with Crippen molar-refractivity contribution < 1.29 is 14.4 Å². The number of piperazine rings is 1. The first kappa shape index (κ1) is 17.0. The van der Waals surface area contributed by atoms with Crippen molar-refractivity contribution >= 4 is 17.7 Å². The molecule has 0 saturated carbocycles. The van der Waals surface area contributed by atoms with Crippen molar-refractivity contribution in [3.63, 3.8) is 0 Å². The largest absolute Gasteiger partial charge is 0.349 e. The molecule has 0 spiro atoms. The molecule has 6 heteroatoms. The van der Waals surface area contributed by atoms with E-state index in [1.165, 1.54) is 6.92 Å². The van der Waals surface area contributed by atoms with Crippen LogP contribution >= 0.6 is 0 Å². The molecule has 1 aliphatic rings. The quantitative estimate of drug-likeness (QED) is 0.899. The Balaban J connectivity index is 1.98. The average molecular weight is 317 g/mol. The highest BCUT2D eigenvalue weighted by Crippen LogP contribution is 2.18. The zero-order valence-electron chi connectivity index (χ0n) is 13.6. The van der Waals surface area contributed by atoms with Crippen molar-refractivity contribution in [3.8, 4) is 0 Å². The Morgan fingerprint density at radius 2 is 1.57 bits per heavy atom. The molecule has 0 aliphatic carbocycles. The Kier molecular flexibility index (Phi) is 5.73. The van der Waals surface area contributed by atoms with E-state index in [2.05, 4.69) is 5.32 Å². The van der Waals surface area contributed by atoms with Crippen molar-refractivity contribution in [2.75, 3.05) is 26.2 Å². The van der Waals surface area contributed by atoms with Crippen LogP contribution in [0.3, 0.4) is 0 Å². The number of carbonyl (C=O) groups excluding carboxylic acids is 3. The number of benzene rings is 1. The number of nitrogens with zero attached hydrogens (tertiary/aromatic N) is 2. The molecule has 1 N–H and O–H groups in total. The minimum atomic E-state index is -0.327. The van der Waals surface area contributed by atoms with E-state index >= 15 is 0 Å². The number of rotatable bonds is 4. The van der Waals surface area contributed by atoms with Crippen molar-refractivity contribution in [2.45, 2.75) is 26.3 Å². The van der Waals surface area contributed by atoms with E-state index in [4.69, 9.17) is 0 Å². The van der Waals surface area contributed by atoms with E-state index in [0.717, 1.165) is 5.56 Å². The molecule has 3 amide bonds. The number of nitrogens with one attached hydrogen (secondary N) is 1. The van der Waals surface area contributed by atoms with Gasteiger partial charge >= 0.3 is 0 Å². The van der Waals surface area contributed by atoms with Crippen molar-refractivity contribution in [2.24, 2.45) is 0 Å². The molecule has 0 aromatic heterocycles. The lowest BCUT2D eigenvalue weighted by atomic mass is 10.0. The molecule has 1 aromatic carbocycles. The average Bonchev–Trinajstić information content (AvgIpc) is 2.54. The van der Waals surface area contributed by atoms with Crippen LogP contribution in [-0.4, -0.2) is 53.7 Å². The summed E-state index contributed by atoms with van der Waals surface area (Å²) in [7, 11) is 0. The first-order valence-corrected chi connectivity index (χ1v) is 7.82. The van der Waals surface area contributed by atoms with E-state index in [0.29, 0.717) is 26.2 Å². The van der Waals surface area contributed by atoms with Gasteiger partial charge in [-0.05, 0) is 5.56 Å². The molecule has 1 aliphatic heterocycles. The van der Waals surface area contributed by atoms with Crippen molar-refractivity contribution in [1.82, 2.24) is 15.1 Å². The predicted octanol–water partition coefficient (Wildman–Crippen LogP) is 0.945. The van der Waals surface area contributed by atoms with E-state index in [-0.39, 0.29) is 30.2 Å². The van der Waals surface area contributed by atoms with Gasteiger partial charge in [-0.3, -0.25) is 14.4 Å². The van der Waals surface area contributed by atoms with Crippen LogP contribution in [0.4, 0.5) is 0 Å². The topological polar surface area (TPSA) is 69.7 Å². The van der Waals surface area contributed by atoms with Gasteiger partial charge in [0.1, 0.15) is 0 Å². The van der Waals surface area contributed by atoms with Crippen molar-refractivity contribution in [1.29, 1.82) is 0 Å². The summed E-state index contributed by atoms with van der Waals surface area (Å²) in [5, 5.41) is 2.84. The second-order valence-electron chi connectivity index (χ2n) is 5.75. The molecule has 124 valence electrons. The number of hydrogen-bond donors (Lipinski definition) is 1. The molecular formula is C17H23N3O3. The summed E-state index contributed by atoms with van der Waals surface area (Å²) in [6.07, 6.45) is 0.226. The smallest absolute Gasteiger partial charge is 0.225 e. The predicted molar refractivity (Wildman–Crippen MR) is 86.5 cm³/mol. The van der Waals surface area contributed by atoms with Gasteiger partial charge in [0.25, 0.3) is 0 Å². The highest BCUT2D eigenvalue weighted by molar-refractivity contribution is 5.80. The standard InChI is InChI=1S/C17H23N3O3/c1-13(21)18-16(15-6-4-3-5-7-15)12-17(23)20-10-8-19(9-11-20)14(2)22/h3-7,16H,8-12H2,1-2H3,(H,18,21)/t16-/m0/s1. The van der Waals surface area contributed by atoms with Crippen LogP contribution in [0.15, 0.2) is 30.3 Å². The summed E-state index contributed by atoms with van der Waals surface area (Å²) in [6, 6.07) is 9.16. The molecule has 1 aromatic rings. The zero-order chi connectivity index (χ0) is 16.8. The van der Waals surface area contributed by atoms with E-state index in [9.17, 15) is 14.4 Å². The molecule has 1 heterocycles. The molecular weight excluding hydrogens is 294 g/mol. The van der Waals surface area contributed by atoms with Crippen LogP contribution in [-0.2, 0) is 14.4 Å². The third-order valence-electron chi connectivity index (χ3n) is 4.04. The lowest BCUT2D eigenvalue weighted by Gasteiger charge is -2.35. The van der Waals surface area contributed by atoms with Crippen LogP contribution in [0.5, 0.6) is 0 Å². The van der Waals surface area contributed by atoms with Crippen LogP contribution in [0.25, 0.3) is 0 Å². The lowest BCUT2D eigenvalue weighted by molar-refractivity contribution is -0.139. The van der Waals surface area contributed by atoms with Gasteiger partial charge in [0.15, 0.2) is 0 Å². The molecule has 1 atom stereocenters. The summed E-state index contributed by atoms with van der Waals surface area (Å²) < 4.78 is 0. The zero-order valence-corrected chi connectivity index (χ0v) is 13.6. The maximum atomic E-state index is 12.5. The van der Waals surface area contributed by atoms with E-state index < -0.39 is 0 Å². The van der Waals surface area contributed by atoms with Crippen LogP contribution in [0.2, 0.25) is 0 Å². The fourth-order valence-electron chi connectivity index (χ4n) is 2.76. The molecule has 0 radical (unpaired) electrons. The molecule has 1 saturated heterocycles. The number of amides is 3. The maximum Gasteiger partial charge on any atom is 0.225 e. The van der Waals surface area contributed by atoms with Crippen molar-refractivity contribution in [3.05, 3.63) is 35.9 Å². The molecule has 6 nitrogen and oxygen atoms in total.